The SMILES string of the molecule is COc1ccc2[nH]c3c(c2c1F)C[C@@]1(C)C(=O)N(CCCNC2CCC2)C(=O)N1C3. The number of carbonyl (C=O) groups excluding carboxylic acids is 2. The van der Waals surface area contributed by atoms with Crippen LogP contribution in [0.1, 0.15) is 43.9 Å². The van der Waals surface area contributed by atoms with Gasteiger partial charge in [0.05, 0.1) is 13.7 Å². The number of halogens is 1. The van der Waals surface area contributed by atoms with Crippen molar-refractivity contribution in [3.63, 3.8) is 0 Å². The fourth-order valence-corrected chi connectivity index (χ4v) is 4.95. The first-order valence-corrected chi connectivity index (χ1v) is 10.7. The van der Waals surface area contributed by atoms with E-state index in [1.165, 1.54) is 31.3 Å². The van der Waals surface area contributed by atoms with Crippen LogP contribution in [0.5, 0.6) is 5.75 Å². The smallest absolute Gasteiger partial charge is 0.328 e. The lowest BCUT2D eigenvalue weighted by molar-refractivity contribution is -0.133. The summed E-state index contributed by atoms with van der Waals surface area (Å²) in [6.45, 7) is 3.26. The zero-order valence-electron chi connectivity index (χ0n) is 17.4. The number of aromatic nitrogens is 1. The number of ether oxygens (including phenoxy) is 1. The van der Waals surface area contributed by atoms with E-state index in [4.69, 9.17) is 4.74 Å². The molecule has 2 N–H and O–H groups in total. The number of benzene rings is 1. The maximum absolute atomic E-state index is 15.0. The lowest BCUT2D eigenvalue weighted by atomic mass is 9.86. The van der Waals surface area contributed by atoms with E-state index in [0.29, 0.717) is 23.5 Å². The predicted molar refractivity (Wildman–Crippen MR) is 110 cm³/mol. The molecule has 3 aliphatic rings. The second kappa shape index (κ2) is 6.97. The van der Waals surface area contributed by atoms with Gasteiger partial charge in [-0.3, -0.25) is 9.69 Å². The van der Waals surface area contributed by atoms with E-state index in [1.807, 2.05) is 0 Å². The van der Waals surface area contributed by atoms with E-state index >= 15 is 0 Å². The van der Waals surface area contributed by atoms with E-state index in [-0.39, 0.29) is 30.7 Å². The van der Waals surface area contributed by atoms with Crippen LogP contribution in [-0.2, 0) is 17.8 Å². The van der Waals surface area contributed by atoms with Crippen LogP contribution < -0.4 is 10.1 Å². The molecule has 30 heavy (non-hydrogen) atoms. The summed E-state index contributed by atoms with van der Waals surface area (Å²) in [7, 11) is 1.43. The molecule has 8 heteroatoms. The molecule has 1 atom stereocenters. The van der Waals surface area contributed by atoms with E-state index < -0.39 is 11.4 Å². The van der Waals surface area contributed by atoms with Gasteiger partial charge in [0.1, 0.15) is 5.54 Å². The zero-order chi connectivity index (χ0) is 21.0. The Hall–Kier alpha value is -2.61. The summed E-state index contributed by atoms with van der Waals surface area (Å²) in [5.41, 5.74) is 1.21. The molecule has 7 nitrogen and oxygen atoms in total. The number of hydrogen-bond acceptors (Lipinski definition) is 4. The molecular formula is C22H27FN4O3. The van der Waals surface area contributed by atoms with Gasteiger partial charge in [-0.15, -0.1) is 0 Å². The molecule has 3 heterocycles. The van der Waals surface area contributed by atoms with Crippen LogP contribution >= 0.6 is 0 Å². The lowest BCUT2D eigenvalue weighted by Crippen LogP contribution is -2.51. The Morgan fingerprint density at radius 2 is 2.13 bits per heavy atom. The summed E-state index contributed by atoms with van der Waals surface area (Å²) in [6.07, 6.45) is 4.71. The van der Waals surface area contributed by atoms with Gasteiger partial charge >= 0.3 is 6.03 Å². The van der Waals surface area contributed by atoms with Crippen molar-refractivity contribution in [2.24, 2.45) is 0 Å². The molecule has 1 aromatic carbocycles. The van der Waals surface area contributed by atoms with Crippen molar-refractivity contribution in [2.45, 2.75) is 57.2 Å². The van der Waals surface area contributed by atoms with Crippen LogP contribution in [0, 0.1) is 5.82 Å². The van der Waals surface area contributed by atoms with Crippen LogP contribution in [-0.4, -0.2) is 58.5 Å². The summed E-state index contributed by atoms with van der Waals surface area (Å²) >= 11 is 0. The van der Waals surface area contributed by atoms with Crippen molar-refractivity contribution in [3.8, 4) is 5.75 Å². The minimum absolute atomic E-state index is 0.172. The van der Waals surface area contributed by atoms with Gasteiger partial charge in [0.2, 0.25) is 0 Å². The lowest BCUT2D eigenvalue weighted by Gasteiger charge is -2.35. The van der Waals surface area contributed by atoms with E-state index in [0.717, 1.165) is 24.2 Å². The van der Waals surface area contributed by atoms with Gasteiger partial charge in [0, 0.05) is 35.6 Å². The van der Waals surface area contributed by atoms with E-state index in [9.17, 15) is 14.0 Å². The molecule has 0 unspecified atom stereocenters. The first-order chi connectivity index (χ1) is 14.4. The van der Waals surface area contributed by atoms with Crippen LogP contribution in [0.4, 0.5) is 9.18 Å². The number of urea groups is 1. The molecule has 2 aliphatic heterocycles. The van der Waals surface area contributed by atoms with Crippen molar-refractivity contribution in [2.75, 3.05) is 20.2 Å². The third-order valence-electron chi connectivity index (χ3n) is 6.98. The zero-order valence-corrected chi connectivity index (χ0v) is 17.4. The van der Waals surface area contributed by atoms with Gasteiger partial charge in [0.25, 0.3) is 5.91 Å². The highest BCUT2D eigenvalue weighted by atomic mass is 19.1. The molecule has 3 amide bonds. The Balaban J connectivity index is 1.39. The highest BCUT2D eigenvalue weighted by Gasteiger charge is 2.56. The minimum Gasteiger partial charge on any atom is -0.494 e. The summed E-state index contributed by atoms with van der Waals surface area (Å²) in [6, 6.07) is 3.68. The number of fused-ring (bicyclic) bond motifs is 4. The van der Waals surface area contributed by atoms with Crippen molar-refractivity contribution in [1.29, 1.82) is 0 Å². The number of carbonyl (C=O) groups is 2. The summed E-state index contributed by atoms with van der Waals surface area (Å²) in [4.78, 5) is 32.5. The average molecular weight is 414 g/mol. The van der Waals surface area contributed by atoms with Crippen LogP contribution in [0.3, 0.4) is 0 Å². The first-order valence-electron chi connectivity index (χ1n) is 10.7. The molecule has 2 fully saturated rings. The Morgan fingerprint density at radius 3 is 2.83 bits per heavy atom. The number of nitrogens with zero attached hydrogens (tertiary/aromatic N) is 2. The summed E-state index contributed by atoms with van der Waals surface area (Å²) in [5.74, 6) is -0.453. The van der Waals surface area contributed by atoms with Crippen molar-refractivity contribution in [1.82, 2.24) is 20.1 Å². The Kier molecular flexibility index (Phi) is 4.50. The number of methoxy groups -OCH3 is 1. The normalized spacial score (nSPS) is 23.7. The number of hydrogen-bond donors (Lipinski definition) is 2. The fourth-order valence-electron chi connectivity index (χ4n) is 4.95. The van der Waals surface area contributed by atoms with Gasteiger partial charge in [-0.25, -0.2) is 9.18 Å². The highest BCUT2D eigenvalue weighted by Crippen LogP contribution is 2.42. The Morgan fingerprint density at radius 1 is 1.33 bits per heavy atom. The van der Waals surface area contributed by atoms with E-state index in [2.05, 4.69) is 10.3 Å². The van der Waals surface area contributed by atoms with Crippen LogP contribution in [0.25, 0.3) is 10.9 Å². The molecule has 5 rings (SSSR count). The topological polar surface area (TPSA) is 77.7 Å². The molecule has 0 bridgehead atoms. The highest BCUT2D eigenvalue weighted by molar-refractivity contribution is 6.07. The fraction of sp³-hybridized carbons (Fsp3) is 0.545. The average Bonchev–Trinajstić information content (AvgIpc) is 3.13. The third-order valence-corrected chi connectivity index (χ3v) is 6.98. The number of aromatic amines is 1. The predicted octanol–water partition coefficient (Wildman–Crippen LogP) is 2.93. The second-order valence-corrected chi connectivity index (χ2v) is 8.80. The molecule has 1 saturated heterocycles. The molecule has 0 radical (unpaired) electrons. The monoisotopic (exact) mass is 414 g/mol. The van der Waals surface area contributed by atoms with Gasteiger partial charge in [-0.1, -0.05) is 6.42 Å². The first kappa shape index (κ1) is 19.4. The standard InChI is InChI=1S/C22H27FN4O3/c1-22-11-14-16(25-15-7-8-17(30-2)19(23)18(14)15)12-27(22)21(29)26(20(22)28)10-4-9-24-13-5-3-6-13/h7-8,13,24-25H,3-6,9-12H2,1-2H3/t22-/m0/s1. The third kappa shape index (κ3) is 2.73. The molecule has 0 spiro atoms. The second-order valence-electron chi connectivity index (χ2n) is 8.80. The molecule has 1 aliphatic carbocycles. The molecular weight excluding hydrogens is 387 g/mol. The van der Waals surface area contributed by atoms with E-state index in [1.54, 1.807) is 24.0 Å². The van der Waals surface area contributed by atoms with Gasteiger partial charge in [0.15, 0.2) is 11.6 Å². The maximum Gasteiger partial charge on any atom is 0.328 e. The number of H-pyrrole nitrogens is 1. The molecule has 160 valence electrons. The number of nitrogens with one attached hydrogen (secondary N) is 2. The van der Waals surface area contributed by atoms with Crippen molar-refractivity contribution < 1.29 is 18.7 Å². The van der Waals surface area contributed by atoms with Gasteiger partial charge < -0.3 is 19.9 Å². The Labute approximate surface area is 174 Å². The number of amides is 3. The van der Waals surface area contributed by atoms with Gasteiger partial charge in [-0.2, -0.15) is 0 Å². The minimum atomic E-state index is -0.990. The van der Waals surface area contributed by atoms with Crippen LogP contribution in [0.15, 0.2) is 12.1 Å². The van der Waals surface area contributed by atoms with Crippen molar-refractivity contribution >= 4 is 22.8 Å². The summed E-state index contributed by atoms with van der Waals surface area (Å²) in [5, 5.41) is 3.92. The number of rotatable bonds is 6. The molecule has 1 aromatic heterocycles. The summed E-state index contributed by atoms with van der Waals surface area (Å²) < 4.78 is 20.1. The van der Waals surface area contributed by atoms with Gasteiger partial charge in [-0.05, 0) is 50.4 Å². The molecule has 1 saturated carbocycles. The van der Waals surface area contributed by atoms with Crippen LogP contribution in [0.2, 0.25) is 0 Å². The number of imide groups is 1. The molecule has 2 aromatic rings. The van der Waals surface area contributed by atoms with Crippen molar-refractivity contribution in [3.05, 3.63) is 29.2 Å². The maximum atomic E-state index is 15.0. The Bertz CT molecular complexity index is 1030. The quantitative estimate of drug-likeness (QED) is 0.563. The largest absolute Gasteiger partial charge is 0.494 e.